The number of aliphatic hydroxyl groups excluding tert-OH is 1. The highest BCUT2D eigenvalue weighted by atomic mass is 16.3. The smallest absolute Gasteiger partial charge is 0.228 e. The number of nitrogens with one attached hydrogen (secondary N) is 1. The molecular formula is C17H23NO2. The van der Waals surface area contributed by atoms with E-state index >= 15 is 0 Å². The van der Waals surface area contributed by atoms with Crippen molar-refractivity contribution in [3.63, 3.8) is 0 Å². The maximum atomic E-state index is 11.6. The monoisotopic (exact) mass is 273 g/mol. The predicted molar refractivity (Wildman–Crippen MR) is 79.8 cm³/mol. The molecule has 2 aliphatic rings. The maximum absolute atomic E-state index is 11.6. The van der Waals surface area contributed by atoms with Crippen LogP contribution in [0.4, 0.5) is 5.69 Å². The largest absolute Gasteiger partial charge is 0.388 e. The quantitative estimate of drug-likeness (QED) is 0.867. The van der Waals surface area contributed by atoms with Gasteiger partial charge in [-0.15, -0.1) is 0 Å². The van der Waals surface area contributed by atoms with Crippen LogP contribution >= 0.6 is 0 Å². The molecule has 108 valence electrons. The van der Waals surface area contributed by atoms with Crippen molar-refractivity contribution in [2.75, 3.05) is 5.32 Å². The fourth-order valence-electron chi connectivity index (χ4n) is 3.69. The first-order valence-corrected chi connectivity index (χ1v) is 7.69. The first-order chi connectivity index (χ1) is 9.58. The van der Waals surface area contributed by atoms with Gasteiger partial charge in [0, 0.05) is 5.69 Å². The summed E-state index contributed by atoms with van der Waals surface area (Å²) in [4.78, 5) is 11.6. The molecule has 1 fully saturated rings. The van der Waals surface area contributed by atoms with Gasteiger partial charge in [-0.3, -0.25) is 4.79 Å². The summed E-state index contributed by atoms with van der Waals surface area (Å²) in [7, 11) is 0. The summed E-state index contributed by atoms with van der Waals surface area (Å²) in [5, 5.41) is 13.7. The zero-order valence-electron chi connectivity index (χ0n) is 12.3. The van der Waals surface area contributed by atoms with E-state index < -0.39 is 0 Å². The molecule has 0 radical (unpaired) electrons. The highest BCUT2D eigenvalue weighted by Gasteiger charge is 2.28. The molecule has 2 N–H and O–H groups in total. The number of fused-ring (bicyclic) bond motifs is 1. The number of benzene rings is 1. The molecule has 1 aromatic rings. The Morgan fingerprint density at radius 1 is 1.20 bits per heavy atom. The minimum atomic E-state index is -0.380. The second-order valence-corrected chi connectivity index (χ2v) is 6.32. The minimum Gasteiger partial charge on any atom is -0.388 e. The summed E-state index contributed by atoms with van der Waals surface area (Å²) in [6, 6.07) is 2.05. The van der Waals surface area contributed by atoms with Crippen LogP contribution in [0.15, 0.2) is 6.07 Å². The second-order valence-electron chi connectivity index (χ2n) is 6.32. The number of rotatable bonds is 2. The average Bonchev–Trinajstić information content (AvgIpc) is 2.84. The fourth-order valence-corrected chi connectivity index (χ4v) is 3.69. The third kappa shape index (κ3) is 2.24. The maximum Gasteiger partial charge on any atom is 0.228 e. The molecule has 1 heterocycles. The van der Waals surface area contributed by atoms with Gasteiger partial charge in [-0.1, -0.05) is 25.3 Å². The van der Waals surface area contributed by atoms with Gasteiger partial charge in [0.25, 0.3) is 0 Å². The van der Waals surface area contributed by atoms with Gasteiger partial charge in [0.1, 0.15) is 0 Å². The molecule has 1 amide bonds. The van der Waals surface area contributed by atoms with Crippen LogP contribution in [0.5, 0.6) is 0 Å². The number of aliphatic hydroxyl groups is 1. The van der Waals surface area contributed by atoms with Crippen molar-refractivity contribution < 1.29 is 9.90 Å². The van der Waals surface area contributed by atoms with Crippen molar-refractivity contribution in [3.8, 4) is 0 Å². The molecule has 1 saturated carbocycles. The summed E-state index contributed by atoms with van der Waals surface area (Å²) in [5.41, 5.74) is 5.28. The molecule has 3 rings (SSSR count). The van der Waals surface area contributed by atoms with E-state index in [9.17, 15) is 9.90 Å². The van der Waals surface area contributed by atoms with Crippen molar-refractivity contribution in [1.29, 1.82) is 0 Å². The Hall–Kier alpha value is -1.35. The Balaban J connectivity index is 1.95. The van der Waals surface area contributed by atoms with Crippen molar-refractivity contribution in [3.05, 3.63) is 28.3 Å². The van der Waals surface area contributed by atoms with Crippen LogP contribution in [0.25, 0.3) is 0 Å². The summed E-state index contributed by atoms with van der Waals surface area (Å²) in [5.74, 6) is 0.441. The lowest BCUT2D eigenvalue weighted by molar-refractivity contribution is -0.115. The van der Waals surface area contributed by atoms with Gasteiger partial charge < -0.3 is 10.4 Å². The topological polar surface area (TPSA) is 49.3 Å². The standard InChI is InChI=1S/C17H23NO2/c1-10-11(2)16-13(9-15(19)18-16)8-14(10)17(20)12-6-4-3-5-7-12/h8,12,17,20H,3-7,9H2,1-2H3,(H,18,19). The molecule has 0 bridgehead atoms. The molecule has 0 spiro atoms. The Kier molecular flexibility index (Phi) is 3.55. The highest BCUT2D eigenvalue weighted by molar-refractivity contribution is 6.00. The van der Waals surface area contributed by atoms with Crippen molar-refractivity contribution in [2.45, 2.75) is 58.5 Å². The Bertz CT molecular complexity index is 544. The first-order valence-electron chi connectivity index (χ1n) is 7.69. The lowest BCUT2D eigenvalue weighted by Gasteiger charge is -2.28. The number of amides is 1. The molecule has 1 aliphatic carbocycles. The third-order valence-corrected chi connectivity index (χ3v) is 5.05. The molecule has 0 aromatic heterocycles. The SMILES string of the molecule is Cc1c(C(O)C2CCCCC2)cc2c(c1C)NC(=O)C2. The van der Waals surface area contributed by atoms with E-state index in [1.807, 2.05) is 6.92 Å². The summed E-state index contributed by atoms with van der Waals surface area (Å²) < 4.78 is 0. The number of hydrogen-bond donors (Lipinski definition) is 2. The Morgan fingerprint density at radius 2 is 1.90 bits per heavy atom. The minimum absolute atomic E-state index is 0.0619. The normalized spacial score (nSPS) is 20.6. The molecule has 1 unspecified atom stereocenters. The lowest BCUT2D eigenvalue weighted by atomic mass is 9.80. The van der Waals surface area contributed by atoms with E-state index in [1.54, 1.807) is 0 Å². The van der Waals surface area contributed by atoms with E-state index in [0.717, 1.165) is 40.8 Å². The number of hydrogen-bond acceptors (Lipinski definition) is 2. The van der Waals surface area contributed by atoms with Crippen LogP contribution in [0.3, 0.4) is 0 Å². The zero-order valence-corrected chi connectivity index (χ0v) is 12.3. The van der Waals surface area contributed by atoms with E-state index in [0.29, 0.717) is 12.3 Å². The second kappa shape index (κ2) is 5.21. The van der Waals surface area contributed by atoms with E-state index in [1.165, 1.54) is 19.3 Å². The van der Waals surface area contributed by atoms with Gasteiger partial charge in [-0.05, 0) is 54.9 Å². The molecular weight excluding hydrogens is 250 g/mol. The zero-order chi connectivity index (χ0) is 14.3. The molecule has 20 heavy (non-hydrogen) atoms. The van der Waals surface area contributed by atoms with Crippen molar-refractivity contribution in [2.24, 2.45) is 5.92 Å². The average molecular weight is 273 g/mol. The molecule has 3 heteroatoms. The molecule has 3 nitrogen and oxygen atoms in total. The Morgan fingerprint density at radius 3 is 2.60 bits per heavy atom. The van der Waals surface area contributed by atoms with Crippen LogP contribution in [0, 0.1) is 19.8 Å². The molecule has 1 aliphatic heterocycles. The van der Waals surface area contributed by atoms with Gasteiger partial charge in [-0.25, -0.2) is 0 Å². The third-order valence-electron chi connectivity index (χ3n) is 5.05. The van der Waals surface area contributed by atoms with Crippen molar-refractivity contribution in [1.82, 2.24) is 0 Å². The van der Waals surface area contributed by atoms with Crippen LogP contribution in [-0.4, -0.2) is 11.0 Å². The molecule has 1 aromatic carbocycles. The molecule has 0 saturated heterocycles. The van der Waals surface area contributed by atoms with E-state index in [2.05, 4.69) is 18.3 Å². The van der Waals surface area contributed by atoms with Crippen LogP contribution in [0.1, 0.15) is 60.5 Å². The van der Waals surface area contributed by atoms with Crippen LogP contribution in [-0.2, 0) is 11.2 Å². The first kappa shape index (κ1) is 13.6. The number of carbonyl (C=O) groups excluding carboxylic acids is 1. The molecule has 1 atom stereocenters. The van der Waals surface area contributed by atoms with Gasteiger partial charge in [0.15, 0.2) is 0 Å². The van der Waals surface area contributed by atoms with Crippen LogP contribution in [0.2, 0.25) is 0 Å². The predicted octanol–water partition coefficient (Wildman–Crippen LogP) is 3.41. The van der Waals surface area contributed by atoms with Gasteiger partial charge >= 0.3 is 0 Å². The lowest BCUT2D eigenvalue weighted by Crippen LogP contribution is -2.17. The van der Waals surface area contributed by atoms with E-state index in [4.69, 9.17) is 0 Å². The number of carbonyl (C=O) groups is 1. The summed E-state index contributed by atoms with van der Waals surface area (Å²) >= 11 is 0. The van der Waals surface area contributed by atoms with Gasteiger partial charge in [0.2, 0.25) is 5.91 Å². The fraction of sp³-hybridized carbons (Fsp3) is 0.588. The Labute approximate surface area is 120 Å². The summed E-state index contributed by atoms with van der Waals surface area (Å²) in [6.45, 7) is 4.10. The van der Waals surface area contributed by atoms with Crippen molar-refractivity contribution >= 4 is 11.6 Å². The summed E-state index contributed by atoms with van der Waals surface area (Å²) in [6.07, 6.45) is 6.05. The van der Waals surface area contributed by atoms with Gasteiger partial charge in [0.05, 0.1) is 12.5 Å². The van der Waals surface area contributed by atoms with E-state index in [-0.39, 0.29) is 12.0 Å². The van der Waals surface area contributed by atoms with Crippen LogP contribution < -0.4 is 5.32 Å². The van der Waals surface area contributed by atoms with Gasteiger partial charge in [-0.2, -0.15) is 0 Å². The highest BCUT2D eigenvalue weighted by Crippen LogP contribution is 2.39. The number of anilines is 1.